The Morgan fingerprint density at radius 3 is 2.60 bits per heavy atom. The van der Waals surface area contributed by atoms with Crippen LogP contribution >= 0.6 is 15.9 Å². The SMILES string of the molecule is CNc1c(C#N)c(Br)nn1CC(F)(F)F. The fourth-order valence-electron chi connectivity index (χ4n) is 1.07. The molecule has 15 heavy (non-hydrogen) atoms. The first kappa shape index (κ1) is 11.8. The van der Waals surface area contributed by atoms with Crippen LogP contribution in [-0.4, -0.2) is 23.0 Å². The number of hydrogen-bond donors (Lipinski definition) is 1. The van der Waals surface area contributed by atoms with Crippen molar-refractivity contribution in [3.8, 4) is 6.07 Å². The van der Waals surface area contributed by atoms with Crippen LogP contribution in [0.2, 0.25) is 0 Å². The van der Waals surface area contributed by atoms with Crippen LogP contribution in [0.15, 0.2) is 4.60 Å². The van der Waals surface area contributed by atoms with E-state index in [1.165, 1.54) is 7.05 Å². The first-order valence-corrected chi connectivity index (χ1v) is 4.59. The summed E-state index contributed by atoms with van der Waals surface area (Å²) < 4.78 is 37.1. The predicted molar refractivity (Wildman–Crippen MR) is 50.2 cm³/mol. The van der Waals surface area contributed by atoms with Gasteiger partial charge in [0.25, 0.3) is 0 Å². The van der Waals surface area contributed by atoms with E-state index in [-0.39, 0.29) is 16.0 Å². The number of rotatable bonds is 2. The second kappa shape index (κ2) is 4.10. The van der Waals surface area contributed by atoms with Gasteiger partial charge in [0, 0.05) is 7.05 Å². The number of alkyl halides is 3. The molecule has 0 aliphatic rings. The van der Waals surface area contributed by atoms with E-state index in [1.807, 2.05) is 0 Å². The van der Waals surface area contributed by atoms with Crippen molar-refractivity contribution in [2.45, 2.75) is 12.7 Å². The smallest absolute Gasteiger partial charge is 0.372 e. The molecule has 0 unspecified atom stereocenters. The first-order chi connectivity index (χ1) is 6.89. The van der Waals surface area contributed by atoms with Gasteiger partial charge in [-0.05, 0) is 15.9 Å². The van der Waals surface area contributed by atoms with Crippen molar-refractivity contribution in [3.05, 3.63) is 10.2 Å². The van der Waals surface area contributed by atoms with Crippen molar-refractivity contribution in [2.24, 2.45) is 0 Å². The van der Waals surface area contributed by atoms with Crippen LogP contribution in [0.25, 0.3) is 0 Å². The highest BCUT2D eigenvalue weighted by Gasteiger charge is 2.31. The molecule has 8 heteroatoms. The Morgan fingerprint density at radius 1 is 1.60 bits per heavy atom. The lowest BCUT2D eigenvalue weighted by Gasteiger charge is -2.09. The van der Waals surface area contributed by atoms with Crippen molar-refractivity contribution in [1.82, 2.24) is 9.78 Å². The third kappa shape index (κ3) is 2.62. The molecule has 0 atom stereocenters. The van der Waals surface area contributed by atoms with Gasteiger partial charge in [-0.25, -0.2) is 4.68 Å². The lowest BCUT2D eigenvalue weighted by molar-refractivity contribution is -0.142. The third-order valence-electron chi connectivity index (χ3n) is 1.59. The van der Waals surface area contributed by atoms with E-state index >= 15 is 0 Å². The molecule has 4 nitrogen and oxygen atoms in total. The molecule has 1 N–H and O–H groups in total. The van der Waals surface area contributed by atoms with Gasteiger partial charge in [0.15, 0.2) is 0 Å². The average molecular weight is 283 g/mol. The molecule has 0 saturated carbocycles. The van der Waals surface area contributed by atoms with Gasteiger partial charge in [0.2, 0.25) is 0 Å². The molecule has 0 aliphatic carbocycles. The molecule has 0 radical (unpaired) electrons. The Labute approximate surface area is 91.8 Å². The average Bonchev–Trinajstić information content (AvgIpc) is 2.37. The molecule has 0 spiro atoms. The maximum Gasteiger partial charge on any atom is 0.408 e. The van der Waals surface area contributed by atoms with Gasteiger partial charge in [-0.1, -0.05) is 0 Å². The summed E-state index contributed by atoms with van der Waals surface area (Å²) in [6.45, 7) is -1.23. The highest BCUT2D eigenvalue weighted by Crippen LogP contribution is 2.26. The fraction of sp³-hybridized carbons (Fsp3) is 0.429. The monoisotopic (exact) mass is 282 g/mol. The number of halogens is 4. The second-order valence-electron chi connectivity index (χ2n) is 2.65. The standard InChI is InChI=1S/C7H6BrF3N4/c1-13-6-4(2-12)5(8)14-15(6)3-7(9,10)11/h13H,3H2,1H3. The molecule has 1 heterocycles. The Morgan fingerprint density at radius 2 is 2.20 bits per heavy atom. The number of hydrogen-bond acceptors (Lipinski definition) is 3. The molecule has 0 aliphatic heterocycles. The molecule has 1 aromatic heterocycles. The van der Waals surface area contributed by atoms with Crippen LogP contribution in [0, 0.1) is 11.3 Å². The zero-order valence-electron chi connectivity index (χ0n) is 7.56. The predicted octanol–water partition coefficient (Wildman–Crippen LogP) is 2.12. The molecule has 82 valence electrons. The Bertz CT molecular complexity index is 404. The summed E-state index contributed by atoms with van der Waals surface area (Å²) in [5.74, 6) is 0.0432. The molecule has 0 amide bonds. The summed E-state index contributed by atoms with van der Waals surface area (Å²) in [5.41, 5.74) is 0.0572. The highest BCUT2D eigenvalue weighted by molar-refractivity contribution is 9.10. The van der Waals surface area contributed by atoms with Crippen LogP contribution < -0.4 is 5.32 Å². The van der Waals surface area contributed by atoms with Crippen molar-refractivity contribution in [1.29, 1.82) is 5.26 Å². The summed E-state index contributed by atoms with van der Waals surface area (Å²) in [6.07, 6.45) is -4.37. The zero-order chi connectivity index (χ0) is 11.6. The van der Waals surface area contributed by atoms with E-state index in [0.29, 0.717) is 4.68 Å². The minimum atomic E-state index is -4.37. The van der Waals surface area contributed by atoms with Gasteiger partial charge >= 0.3 is 6.18 Å². The van der Waals surface area contributed by atoms with Crippen LogP contribution in [-0.2, 0) is 6.54 Å². The number of anilines is 1. The van der Waals surface area contributed by atoms with Gasteiger partial charge in [0.05, 0.1) is 0 Å². The summed E-state index contributed by atoms with van der Waals surface area (Å²) >= 11 is 2.91. The lowest BCUT2D eigenvalue weighted by Crippen LogP contribution is -2.20. The normalized spacial score (nSPS) is 11.2. The molecule has 0 saturated heterocycles. The molecule has 0 aromatic carbocycles. The molecular formula is C7H6BrF3N4. The Balaban J connectivity index is 3.15. The second-order valence-corrected chi connectivity index (χ2v) is 3.40. The van der Waals surface area contributed by atoms with Gasteiger partial charge in [-0.3, -0.25) is 0 Å². The summed E-state index contributed by atoms with van der Waals surface area (Å²) in [5, 5.41) is 14.8. The van der Waals surface area contributed by atoms with E-state index in [4.69, 9.17) is 5.26 Å². The molecule has 1 rings (SSSR count). The van der Waals surface area contributed by atoms with Gasteiger partial charge < -0.3 is 5.32 Å². The van der Waals surface area contributed by atoms with E-state index in [1.54, 1.807) is 6.07 Å². The van der Waals surface area contributed by atoms with Crippen LogP contribution in [0.3, 0.4) is 0 Å². The largest absolute Gasteiger partial charge is 0.408 e. The van der Waals surface area contributed by atoms with Crippen molar-refractivity contribution in [3.63, 3.8) is 0 Å². The summed E-state index contributed by atoms with van der Waals surface area (Å²) in [6, 6.07) is 1.76. The van der Waals surface area contributed by atoms with Crippen LogP contribution in [0.4, 0.5) is 19.0 Å². The Hall–Kier alpha value is -1.23. The first-order valence-electron chi connectivity index (χ1n) is 3.80. The van der Waals surface area contributed by atoms with E-state index in [0.717, 1.165) is 0 Å². The number of nitrogens with zero attached hydrogens (tertiary/aromatic N) is 3. The third-order valence-corrected chi connectivity index (χ3v) is 2.14. The fourth-order valence-corrected chi connectivity index (χ4v) is 1.54. The topological polar surface area (TPSA) is 53.6 Å². The maximum absolute atomic E-state index is 12.1. The molecule has 0 bridgehead atoms. The quantitative estimate of drug-likeness (QED) is 0.904. The number of aromatic nitrogens is 2. The van der Waals surface area contributed by atoms with Gasteiger partial charge in [-0.15, -0.1) is 0 Å². The van der Waals surface area contributed by atoms with Crippen LogP contribution in [0.1, 0.15) is 5.56 Å². The highest BCUT2D eigenvalue weighted by atomic mass is 79.9. The maximum atomic E-state index is 12.1. The molecule has 0 fully saturated rings. The zero-order valence-corrected chi connectivity index (χ0v) is 9.15. The van der Waals surface area contributed by atoms with Crippen molar-refractivity contribution < 1.29 is 13.2 Å². The lowest BCUT2D eigenvalue weighted by atomic mass is 10.3. The van der Waals surface area contributed by atoms with Crippen molar-refractivity contribution >= 4 is 21.7 Å². The Kier molecular flexibility index (Phi) is 3.24. The minimum absolute atomic E-state index is 0.0432. The van der Waals surface area contributed by atoms with E-state index in [2.05, 4.69) is 26.3 Å². The van der Waals surface area contributed by atoms with E-state index in [9.17, 15) is 13.2 Å². The van der Waals surface area contributed by atoms with Gasteiger partial charge in [0.1, 0.15) is 28.6 Å². The van der Waals surface area contributed by atoms with E-state index < -0.39 is 12.7 Å². The molecular weight excluding hydrogens is 277 g/mol. The number of nitriles is 1. The molecule has 1 aromatic rings. The summed E-state index contributed by atoms with van der Waals surface area (Å²) in [4.78, 5) is 0. The number of nitrogens with one attached hydrogen (secondary N) is 1. The van der Waals surface area contributed by atoms with Crippen LogP contribution in [0.5, 0.6) is 0 Å². The van der Waals surface area contributed by atoms with Gasteiger partial charge in [-0.2, -0.15) is 23.5 Å². The van der Waals surface area contributed by atoms with Crippen molar-refractivity contribution in [2.75, 3.05) is 12.4 Å². The summed E-state index contributed by atoms with van der Waals surface area (Å²) in [7, 11) is 1.43. The minimum Gasteiger partial charge on any atom is -0.372 e.